The number of primary amides is 1. The normalized spacial score (nSPS) is 12.1. The fourth-order valence-corrected chi connectivity index (χ4v) is 1.80. The molecular formula is C13H11ClN2O. The third kappa shape index (κ3) is 2.63. The molecule has 1 aromatic heterocycles. The molecule has 17 heavy (non-hydrogen) atoms. The molecule has 0 fully saturated rings. The smallest absolute Gasteiger partial charge is 0.231 e. The lowest BCUT2D eigenvalue weighted by molar-refractivity contribution is -0.118. The quantitative estimate of drug-likeness (QED) is 0.904. The predicted octanol–water partition coefficient (Wildman–Crippen LogP) is 2.35. The summed E-state index contributed by atoms with van der Waals surface area (Å²) in [5, 5.41) is 0.532. The van der Waals surface area contributed by atoms with Crippen molar-refractivity contribution in [1.29, 1.82) is 0 Å². The Kier molecular flexibility index (Phi) is 3.40. The van der Waals surface area contributed by atoms with Crippen LogP contribution in [0.3, 0.4) is 0 Å². The van der Waals surface area contributed by atoms with E-state index in [1.54, 1.807) is 12.1 Å². The molecule has 0 aliphatic heterocycles. The summed E-state index contributed by atoms with van der Waals surface area (Å²) < 4.78 is 0. The fourth-order valence-electron chi connectivity index (χ4n) is 1.68. The van der Waals surface area contributed by atoms with Crippen LogP contribution in [-0.2, 0) is 4.79 Å². The van der Waals surface area contributed by atoms with Crippen molar-refractivity contribution in [2.45, 2.75) is 5.92 Å². The Labute approximate surface area is 104 Å². The van der Waals surface area contributed by atoms with E-state index in [0.717, 1.165) is 5.56 Å². The largest absolute Gasteiger partial charge is 0.369 e. The Bertz CT molecular complexity index is 511. The van der Waals surface area contributed by atoms with Crippen LogP contribution in [0.4, 0.5) is 0 Å². The number of pyridine rings is 1. The van der Waals surface area contributed by atoms with Crippen molar-refractivity contribution in [3.63, 3.8) is 0 Å². The highest BCUT2D eigenvalue weighted by molar-refractivity contribution is 6.30. The molecule has 0 aliphatic rings. The van der Waals surface area contributed by atoms with Crippen molar-refractivity contribution in [2.75, 3.05) is 0 Å². The summed E-state index contributed by atoms with van der Waals surface area (Å²) in [5.41, 5.74) is 6.86. The highest BCUT2D eigenvalue weighted by Gasteiger charge is 2.20. The van der Waals surface area contributed by atoms with Gasteiger partial charge in [0.05, 0.1) is 10.7 Å². The molecule has 1 aromatic carbocycles. The van der Waals surface area contributed by atoms with Crippen LogP contribution in [0.2, 0.25) is 5.02 Å². The zero-order valence-electron chi connectivity index (χ0n) is 9.01. The van der Waals surface area contributed by atoms with Crippen molar-refractivity contribution in [2.24, 2.45) is 5.73 Å². The Hall–Kier alpha value is -1.87. The number of nitrogens with two attached hydrogens (primary N) is 1. The van der Waals surface area contributed by atoms with E-state index < -0.39 is 11.8 Å². The molecule has 1 unspecified atom stereocenters. The van der Waals surface area contributed by atoms with Gasteiger partial charge in [0.15, 0.2) is 0 Å². The Balaban J connectivity index is 2.43. The maximum atomic E-state index is 11.5. The number of aromatic nitrogens is 1. The van der Waals surface area contributed by atoms with Crippen molar-refractivity contribution in [3.8, 4) is 0 Å². The van der Waals surface area contributed by atoms with Gasteiger partial charge in [0, 0.05) is 6.20 Å². The van der Waals surface area contributed by atoms with Crippen LogP contribution < -0.4 is 5.73 Å². The van der Waals surface area contributed by atoms with Gasteiger partial charge in [-0.05, 0) is 17.7 Å². The average molecular weight is 247 g/mol. The van der Waals surface area contributed by atoms with Gasteiger partial charge in [-0.15, -0.1) is 0 Å². The molecule has 1 atom stereocenters. The van der Waals surface area contributed by atoms with Gasteiger partial charge in [0.1, 0.15) is 5.92 Å². The number of amides is 1. The summed E-state index contributed by atoms with van der Waals surface area (Å²) >= 11 is 5.76. The number of rotatable bonds is 3. The molecule has 0 spiro atoms. The second-order valence-corrected chi connectivity index (χ2v) is 4.08. The summed E-state index contributed by atoms with van der Waals surface area (Å²) in [4.78, 5) is 15.7. The van der Waals surface area contributed by atoms with Crippen molar-refractivity contribution in [1.82, 2.24) is 4.98 Å². The fraction of sp³-hybridized carbons (Fsp3) is 0.0769. The molecule has 0 saturated carbocycles. The topological polar surface area (TPSA) is 56.0 Å². The molecule has 4 heteroatoms. The van der Waals surface area contributed by atoms with Crippen LogP contribution >= 0.6 is 11.6 Å². The van der Waals surface area contributed by atoms with E-state index in [1.165, 1.54) is 6.20 Å². The first-order chi connectivity index (χ1) is 8.18. The molecule has 1 heterocycles. The third-order valence-corrected chi connectivity index (χ3v) is 2.69. The Morgan fingerprint density at radius 2 is 1.88 bits per heavy atom. The molecule has 2 aromatic rings. The molecule has 86 valence electrons. The monoisotopic (exact) mass is 246 g/mol. The first-order valence-corrected chi connectivity index (χ1v) is 5.52. The Morgan fingerprint density at radius 3 is 2.41 bits per heavy atom. The lowest BCUT2D eigenvalue weighted by atomic mass is 9.95. The van der Waals surface area contributed by atoms with Crippen LogP contribution in [0.15, 0.2) is 48.7 Å². The number of carbonyl (C=O) groups is 1. The summed E-state index contributed by atoms with van der Waals surface area (Å²) in [6.07, 6.45) is 1.51. The maximum Gasteiger partial charge on any atom is 0.231 e. The standard InChI is InChI=1S/C13H11ClN2O/c14-10-6-7-11(16-8-10)12(13(15)17)9-4-2-1-3-5-9/h1-8,12H,(H2,15,17). The van der Waals surface area contributed by atoms with Gasteiger partial charge < -0.3 is 5.73 Å². The second-order valence-electron chi connectivity index (χ2n) is 3.65. The first-order valence-electron chi connectivity index (χ1n) is 5.14. The molecule has 0 saturated heterocycles. The van der Waals surface area contributed by atoms with Gasteiger partial charge in [-0.2, -0.15) is 0 Å². The minimum Gasteiger partial charge on any atom is -0.369 e. The van der Waals surface area contributed by atoms with Gasteiger partial charge in [0.25, 0.3) is 0 Å². The van der Waals surface area contributed by atoms with E-state index in [0.29, 0.717) is 10.7 Å². The summed E-state index contributed by atoms with van der Waals surface area (Å²) in [7, 11) is 0. The van der Waals surface area contributed by atoms with Gasteiger partial charge >= 0.3 is 0 Å². The average Bonchev–Trinajstić information content (AvgIpc) is 2.33. The van der Waals surface area contributed by atoms with E-state index in [1.807, 2.05) is 30.3 Å². The molecule has 0 radical (unpaired) electrons. The van der Waals surface area contributed by atoms with E-state index in [4.69, 9.17) is 17.3 Å². The van der Waals surface area contributed by atoms with Gasteiger partial charge in [-0.1, -0.05) is 41.9 Å². The van der Waals surface area contributed by atoms with Crippen molar-refractivity contribution in [3.05, 3.63) is 64.9 Å². The number of carbonyl (C=O) groups excluding carboxylic acids is 1. The number of benzene rings is 1. The number of halogens is 1. The highest BCUT2D eigenvalue weighted by Crippen LogP contribution is 2.23. The summed E-state index contributed by atoms with van der Waals surface area (Å²) in [6.45, 7) is 0. The molecule has 0 aliphatic carbocycles. The Morgan fingerprint density at radius 1 is 1.18 bits per heavy atom. The molecule has 2 N–H and O–H groups in total. The molecule has 3 nitrogen and oxygen atoms in total. The highest BCUT2D eigenvalue weighted by atomic mass is 35.5. The predicted molar refractivity (Wildman–Crippen MR) is 66.7 cm³/mol. The zero-order valence-corrected chi connectivity index (χ0v) is 9.76. The number of nitrogens with zero attached hydrogens (tertiary/aromatic N) is 1. The second kappa shape index (κ2) is 4.97. The maximum absolute atomic E-state index is 11.5. The minimum absolute atomic E-state index is 0.425. The van der Waals surface area contributed by atoms with Crippen LogP contribution in [-0.4, -0.2) is 10.9 Å². The zero-order chi connectivity index (χ0) is 12.3. The van der Waals surface area contributed by atoms with Crippen LogP contribution in [0, 0.1) is 0 Å². The summed E-state index contributed by atoms with van der Waals surface area (Å²) in [5.74, 6) is -0.959. The first kappa shape index (κ1) is 11.6. The van der Waals surface area contributed by atoms with Crippen LogP contribution in [0.1, 0.15) is 17.2 Å². The van der Waals surface area contributed by atoms with Crippen molar-refractivity contribution >= 4 is 17.5 Å². The summed E-state index contributed by atoms with van der Waals surface area (Å²) in [6, 6.07) is 12.7. The van der Waals surface area contributed by atoms with E-state index >= 15 is 0 Å². The van der Waals surface area contributed by atoms with E-state index in [-0.39, 0.29) is 0 Å². The van der Waals surface area contributed by atoms with Gasteiger partial charge in [0.2, 0.25) is 5.91 Å². The van der Waals surface area contributed by atoms with Gasteiger partial charge in [-0.25, -0.2) is 0 Å². The van der Waals surface area contributed by atoms with Crippen LogP contribution in [0.5, 0.6) is 0 Å². The van der Waals surface area contributed by atoms with Crippen LogP contribution in [0.25, 0.3) is 0 Å². The van der Waals surface area contributed by atoms with Crippen molar-refractivity contribution < 1.29 is 4.79 Å². The van der Waals surface area contributed by atoms with Gasteiger partial charge in [-0.3, -0.25) is 9.78 Å². The van der Waals surface area contributed by atoms with E-state index in [2.05, 4.69) is 4.98 Å². The lowest BCUT2D eigenvalue weighted by Crippen LogP contribution is -2.23. The lowest BCUT2D eigenvalue weighted by Gasteiger charge is -2.13. The number of hydrogen-bond acceptors (Lipinski definition) is 2. The molecular weight excluding hydrogens is 236 g/mol. The van der Waals surface area contributed by atoms with E-state index in [9.17, 15) is 4.79 Å². The third-order valence-electron chi connectivity index (χ3n) is 2.46. The molecule has 1 amide bonds. The molecule has 2 rings (SSSR count). The SMILES string of the molecule is NC(=O)C(c1ccccc1)c1ccc(Cl)cn1. The number of hydrogen-bond donors (Lipinski definition) is 1. The minimum atomic E-state index is -0.534. The molecule has 0 bridgehead atoms.